The van der Waals surface area contributed by atoms with Gasteiger partial charge in [-0.05, 0) is 30.7 Å². The van der Waals surface area contributed by atoms with Gasteiger partial charge in [-0.2, -0.15) is 13.2 Å². The summed E-state index contributed by atoms with van der Waals surface area (Å²) >= 11 is 5.91. The molecule has 0 atom stereocenters. The van der Waals surface area contributed by atoms with Crippen LogP contribution in [0.15, 0.2) is 18.2 Å². The lowest BCUT2D eigenvalue weighted by molar-refractivity contribution is -0.140. The summed E-state index contributed by atoms with van der Waals surface area (Å²) < 4.78 is 38.0. The number of halogens is 4. The number of pyridine rings is 1. The Bertz CT molecular complexity index is 610. The number of aromatic nitrogens is 1. The maximum Gasteiger partial charge on any atom is 0.433 e. The molecule has 2 rings (SSSR count). The molecule has 0 aliphatic heterocycles. The van der Waals surface area contributed by atoms with E-state index < -0.39 is 11.9 Å². The average Bonchev–Trinajstić information content (AvgIpc) is 2.26. The van der Waals surface area contributed by atoms with E-state index >= 15 is 0 Å². The van der Waals surface area contributed by atoms with E-state index in [2.05, 4.69) is 10.4 Å². The van der Waals surface area contributed by atoms with E-state index in [0.29, 0.717) is 5.39 Å². The van der Waals surface area contributed by atoms with Crippen molar-refractivity contribution >= 4 is 28.2 Å². The molecule has 3 N–H and O–H groups in total. The van der Waals surface area contributed by atoms with Gasteiger partial charge in [-0.3, -0.25) is 5.84 Å². The van der Waals surface area contributed by atoms with Crippen molar-refractivity contribution in [2.45, 2.75) is 13.1 Å². The molecular weight excluding hydrogens is 267 g/mol. The molecule has 0 fully saturated rings. The number of aryl methyl sites for hydroxylation is 1. The van der Waals surface area contributed by atoms with Crippen molar-refractivity contribution in [3.05, 3.63) is 34.5 Å². The van der Waals surface area contributed by atoms with E-state index in [0.717, 1.165) is 11.6 Å². The summed E-state index contributed by atoms with van der Waals surface area (Å²) in [5.74, 6) is 5.24. The SMILES string of the molecule is Cc1cc(Cl)c2nc(C(F)(F)F)cc(NN)c2c1. The number of rotatable bonds is 1. The van der Waals surface area contributed by atoms with Gasteiger partial charge in [0.1, 0.15) is 5.69 Å². The maximum absolute atomic E-state index is 12.7. The van der Waals surface area contributed by atoms with Gasteiger partial charge in [0.2, 0.25) is 0 Å². The van der Waals surface area contributed by atoms with Crippen molar-refractivity contribution in [2.24, 2.45) is 5.84 Å². The fourth-order valence-electron chi connectivity index (χ4n) is 1.69. The lowest BCUT2D eigenvalue weighted by atomic mass is 10.1. The highest BCUT2D eigenvalue weighted by molar-refractivity contribution is 6.35. The molecule has 18 heavy (non-hydrogen) atoms. The zero-order chi connectivity index (χ0) is 13.5. The number of hydrogen-bond donors (Lipinski definition) is 2. The number of nitrogens with one attached hydrogen (secondary N) is 1. The number of alkyl halides is 3. The van der Waals surface area contributed by atoms with Gasteiger partial charge in [0, 0.05) is 5.39 Å². The van der Waals surface area contributed by atoms with Crippen molar-refractivity contribution in [1.29, 1.82) is 0 Å². The van der Waals surface area contributed by atoms with Gasteiger partial charge >= 0.3 is 6.18 Å². The molecule has 0 unspecified atom stereocenters. The van der Waals surface area contributed by atoms with Crippen LogP contribution in [0.5, 0.6) is 0 Å². The number of nitrogens with zero attached hydrogens (tertiary/aromatic N) is 1. The topological polar surface area (TPSA) is 50.9 Å². The van der Waals surface area contributed by atoms with Crippen molar-refractivity contribution < 1.29 is 13.2 Å². The molecule has 3 nitrogen and oxygen atoms in total. The van der Waals surface area contributed by atoms with Gasteiger partial charge in [-0.15, -0.1) is 0 Å². The fraction of sp³-hybridized carbons (Fsp3) is 0.182. The lowest BCUT2D eigenvalue weighted by Gasteiger charge is -2.12. The molecule has 0 amide bonds. The number of fused-ring (bicyclic) bond motifs is 1. The largest absolute Gasteiger partial charge is 0.433 e. The second-order valence-electron chi connectivity index (χ2n) is 3.84. The van der Waals surface area contributed by atoms with Gasteiger partial charge in [0.05, 0.1) is 16.2 Å². The van der Waals surface area contributed by atoms with E-state index in [1.54, 1.807) is 19.1 Å². The van der Waals surface area contributed by atoms with Crippen molar-refractivity contribution in [1.82, 2.24) is 4.98 Å². The standard InChI is InChI=1S/C11H9ClF3N3/c1-5-2-6-8(18-16)4-9(11(13,14)15)17-10(6)7(12)3-5/h2-4H,16H2,1H3,(H,17,18). The van der Waals surface area contributed by atoms with E-state index in [4.69, 9.17) is 17.4 Å². The first-order chi connectivity index (χ1) is 8.32. The minimum absolute atomic E-state index is 0.0741. The van der Waals surface area contributed by atoms with Crippen molar-refractivity contribution in [3.63, 3.8) is 0 Å². The first-order valence-corrected chi connectivity index (χ1v) is 5.35. The second-order valence-corrected chi connectivity index (χ2v) is 4.25. The predicted molar refractivity (Wildman–Crippen MR) is 64.3 cm³/mol. The van der Waals surface area contributed by atoms with E-state index in [9.17, 15) is 13.2 Å². The summed E-state index contributed by atoms with van der Waals surface area (Å²) in [6.45, 7) is 1.78. The van der Waals surface area contributed by atoms with Crippen molar-refractivity contribution in [3.8, 4) is 0 Å². The Morgan fingerprint density at radius 1 is 1.28 bits per heavy atom. The average molecular weight is 276 g/mol. The Labute approximate surface area is 106 Å². The molecule has 0 bridgehead atoms. The predicted octanol–water partition coefficient (Wildman–Crippen LogP) is 3.50. The third kappa shape index (κ3) is 2.21. The molecule has 0 spiro atoms. The molecule has 96 valence electrons. The molecule has 0 radical (unpaired) electrons. The van der Waals surface area contributed by atoms with Crippen LogP contribution in [0.3, 0.4) is 0 Å². The summed E-state index contributed by atoms with van der Waals surface area (Å²) in [5, 5.41) is 0.614. The van der Waals surface area contributed by atoms with Crippen molar-refractivity contribution in [2.75, 3.05) is 5.43 Å². The lowest BCUT2D eigenvalue weighted by Crippen LogP contribution is -2.13. The zero-order valence-corrected chi connectivity index (χ0v) is 10.0. The molecule has 0 saturated heterocycles. The third-order valence-corrected chi connectivity index (χ3v) is 2.75. The molecule has 2 aromatic rings. The van der Waals surface area contributed by atoms with Crippen LogP contribution in [0.4, 0.5) is 18.9 Å². The number of hydrazine groups is 1. The number of benzene rings is 1. The minimum atomic E-state index is -4.55. The highest BCUT2D eigenvalue weighted by Gasteiger charge is 2.33. The normalized spacial score (nSPS) is 11.9. The Kier molecular flexibility index (Phi) is 3.08. The molecule has 0 saturated carbocycles. The van der Waals surface area contributed by atoms with Crippen LogP contribution >= 0.6 is 11.6 Å². The third-order valence-electron chi connectivity index (χ3n) is 2.46. The number of nitrogen functional groups attached to an aromatic ring is 1. The summed E-state index contributed by atoms with van der Waals surface area (Å²) in [7, 11) is 0. The Morgan fingerprint density at radius 2 is 1.94 bits per heavy atom. The smallest absolute Gasteiger partial charge is 0.323 e. The quantitative estimate of drug-likeness (QED) is 0.619. The molecule has 1 aromatic heterocycles. The van der Waals surface area contributed by atoms with Crippen LogP contribution in [-0.4, -0.2) is 4.98 Å². The fourth-order valence-corrected chi connectivity index (χ4v) is 2.00. The van der Waals surface area contributed by atoms with Gasteiger partial charge < -0.3 is 5.43 Å². The Morgan fingerprint density at radius 3 is 2.50 bits per heavy atom. The van der Waals surface area contributed by atoms with Crippen LogP contribution in [0.25, 0.3) is 10.9 Å². The van der Waals surface area contributed by atoms with Gasteiger partial charge in [0.25, 0.3) is 0 Å². The number of nitrogens with two attached hydrogens (primary N) is 1. The molecule has 1 aromatic carbocycles. The van der Waals surface area contributed by atoms with E-state index in [1.165, 1.54) is 0 Å². The molecule has 7 heteroatoms. The highest BCUT2D eigenvalue weighted by Crippen LogP contribution is 2.35. The summed E-state index contributed by atoms with van der Waals surface area (Å²) in [5.41, 5.74) is 2.23. The summed E-state index contributed by atoms with van der Waals surface area (Å²) in [6.07, 6.45) is -4.55. The molecule has 0 aliphatic rings. The van der Waals surface area contributed by atoms with Crippen LogP contribution < -0.4 is 11.3 Å². The Hall–Kier alpha value is -1.53. The number of hydrogen-bond acceptors (Lipinski definition) is 3. The molecular formula is C11H9ClF3N3. The van der Waals surface area contributed by atoms with Crippen LogP contribution in [0, 0.1) is 6.92 Å². The van der Waals surface area contributed by atoms with Gasteiger partial charge in [-0.1, -0.05) is 11.6 Å². The van der Waals surface area contributed by atoms with Crippen LogP contribution in [0.1, 0.15) is 11.3 Å². The van der Waals surface area contributed by atoms with E-state index in [-0.39, 0.29) is 16.2 Å². The second kappa shape index (κ2) is 4.29. The monoisotopic (exact) mass is 275 g/mol. The van der Waals surface area contributed by atoms with Gasteiger partial charge in [-0.25, -0.2) is 4.98 Å². The van der Waals surface area contributed by atoms with Gasteiger partial charge in [0.15, 0.2) is 0 Å². The molecule has 1 heterocycles. The first kappa shape index (κ1) is 12.9. The minimum Gasteiger partial charge on any atom is -0.323 e. The van der Waals surface area contributed by atoms with E-state index in [1.807, 2.05) is 0 Å². The summed E-state index contributed by atoms with van der Waals surface area (Å²) in [4.78, 5) is 3.54. The zero-order valence-electron chi connectivity index (χ0n) is 9.27. The highest BCUT2D eigenvalue weighted by atomic mass is 35.5. The van der Waals surface area contributed by atoms with Crippen LogP contribution in [-0.2, 0) is 6.18 Å². The molecule has 0 aliphatic carbocycles. The van der Waals surface area contributed by atoms with Crippen LogP contribution in [0.2, 0.25) is 5.02 Å². The maximum atomic E-state index is 12.7. The summed E-state index contributed by atoms with van der Waals surface area (Å²) in [6, 6.07) is 4.08. The Balaban J connectivity index is 2.84. The first-order valence-electron chi connectivity index (χ1n) is 4.97. The number of anilines is 1.